The quantitative estimate of drug-likeness (QED) is 0.585. The Kier molecular flexibility index (Phi) is 5.98. The van der Waals surface area contributed by atoms with Crippen LogP contribution < -0.4 is 4.90 Å². The summed E-state index contributed by atoms with van der Waals surface area (Å²) in [5.74, 6) is -8.45. The summed E-state index contributed by atoms with van der Waals surface area (Å²) < 4.78 is 51.0. The fourth-order valence-electron chi connectivity index (χ4n) is 1.42. The first-order valence-electron chi connectivity index (χ1n) is 5.51. The standard InChI is InChI=1S/C12H9Cl2F4NO2/c13-5-9(20)6-19(8-3-1-2-7(14)4-8)11(21)12(17,18)10(15)16/h1-4,10H,5-6H2. The molecule has 1 aromatic carbocycles. The zero-order valence-electron chi connectivity index (χ0n) is 10.3. The van der Waals surface area contributed by atoms with E-state index < -0.39 is 36.5 Å². The number of nitrogens with zero attached hydrogens (tertiary/aromatic N) is 1. The number of ketones is 1. The summed E-state index contributed by atoms with van der Waals surface area (Å²) in [6.07, 6.45) is -4.20. The smallest absolute Gasteiger partial charge is 0.299 e. The normalized spacial score (nSPS) is 11.6. The van der Waals surface area contributed by atoms with Gasteiger partial charge in [-0.1, -0.05) is 17.7 Å². The summed E-state index contributed by atoms with van der Waals surface area (Å²) in [5.41, 5.74) is -0.203. The molecule has 3 nitrogen and oxygen atoms in total. The van der Waals surface area contributed by atoms with Crippen molar-refractivity contribution < 1.29 is 27.2 Å². The maximum atomic E-state index is 13.2. The predicted molar refractivity (Wildman–Crippen MR) is 70.5 cm³/mol. The molecule has 21 heavy (non-hydrogen) atoms. The summed E-state index contributed by atoms with van der Waals surface area (Å²) in [5, 5.41) is 0.0870. The Morgan fingerprint density at radius 1 is 1.29 bits per heavy atom. The molecule has 0 aromatic heterocycles. The minimum atomic E-state index is -4.92. The molecular formula is C12H9Cl2F4NO2. The number of anilines is 1. The van der Waals surface area contributed by atoms with Crippen molar-refractivity contribution >= 4 is 40.6 Å². The Labute approximate surface area is 127 Å². The molecule has 1 amide bonds. The Morgan fingerprint density at radius 3 is 2.38 bits per heavy atom. The molecule has 0 bridgehead atoms. The average molecular weight is 346 g/mol. The van der Waals surface area contributed by atoms with E-state index in [2.05, 4.69) is 0 Å². The number of benzene rings is 1. The van der Waals surface area contributed by atoms with Gasteiger partial charge in [-0.15, -0.1) is 11.6 Å². The Balaban J connectivity index is 3.20. The third kappa shape index (κ3) is 4.31. The number of rotatable bonds is 6. The number of carbonyl (C=O) groups excluding carboxylic acids is 2. The number of carbonyl (C=O) groups is 2. The molecule has 1 aromatic rings. The highest BCUT2D eigenvalue weighted by Gasteiger charge is 2.51. The van der Waals surface area contributed by atoms with Gasteiger partial charge in [0.15, 0.2) is 5.78 Å². The lowest BCUT2D eigenvalue weighted by molar-refractivity contribution is -0.166. The fourth-order valence-corrected chi connectivity index (χ4v) is 1.69. The summed E-state index contributed by atoms with van der Waals surface area (Å²) >= 11 is 10.9. The highest BCUT2D eigenvalue weighted by Crippen LogP contribution is 2.29. The van der Waals surface area contributed by atoms with Crippen molar-refractivity contribution in [3.8, 4) is 0 Å². The van der Waals surface area contributed by atoms with E-state index in [9.17, 15) is 27.2 Å². The van der Waals surface area contributed by atoms with E-state index >= 15 is 0 Å². The number of Topliss-reactive ketones (excluding diaryl/α,β-unsaturated/α-hetero) is 1. The number of halogens is 6. The van der Waals surface area contributed by atoms with E-state index in [1.807, 2.05) is 0 Å². The molecule has 1 rings (SSSR count). The molecule has 9 heteroatoms. The van der Waals surface area contributed by atoms with Crippen LogP contribution in [0.2, 0.25) is 5.02 Å². The second kappa shape index (κ2) is 7.09. The predicted octanol–water partition coefficient (Wildman–Crippen LogP) is 3.38. The molecule has 0 radical (unpaired) electrons. The molecule has 0 aliphatic heterocycles. The highest BCUT2D eigenvalue weighted by molar-refractivity contribution is 6.31. The summed E-state index contributed by atoms with van der Waals surface area (Å²) in [4.78, 5) is 23.2. The van der Waals surface area contributed by atoms with Crippen LogP contribution in [0.25, 0.3) is 0 Å². The third-order valence-corrected chi connectivity index (χ3v) is 2.94. The van der Waals surface area contributed by atoms with Gasteiger partial charge in [0.05, 0.1) is 12.4 Å². The van der Waals surface area contributed by atoms with Crippen LogP contribution in [0, 0.1) is 0 Å². The second-order valence-corrected chi connectivity index (χ2v) is 4.67. The molecule has 0 aliphatic rings. The Bertz CT molecular complexity index is 540. The molecule has 0 saturated carbocycles. The van der Waals surface area contributed by atoms with Gasteiger partial charge >= 0.3 is 18.3 Å². The van der Waals surface area contributed by atoms with Gasteiger partial charge in [-0.05, 0) is 18.2 Å². The van der Waals surface area contributed by atoms with Crippen LogP contribution in [0.15, 0.2) is 24.3 Å². The van der Waals surface area contributed by atoms with Gasteiger partial charge in [0.1, 0.15) is 0 Å². The van der Waals surface area contributed by atoms with E-state index in [0.29, 0.717) is 0 Å². The van der Waals surface area contributed by atoms with E-state index in [1.54, 1.807) is 0 Å². The summed E-state index contributed by atoms with van der Waals surface area (Å²) in [7, 11) is 0. The van der Waals surface area contributed by atoms with Crippen LogP contribution in [0.5, 0.6) is 0 Å². The number of hydrogen-bond acceptors (Lipinski definition) is 2. The zero-order chi connectivity index (χ0) is 16.2. The van der Waals surface area contributed by atoms with Crippen molar-refractivity contribution in [3.05, 3.63) is 29.3 Å². The van der Waals surface area contributed by atoms with Crippen LogP contribution in [0.3, 0.4) is 0 Å². The second-order valence-electron chi connectivity index (χ2n) is 3.97. The van der Waals surface area contributed by atoms with Crippen LogP contribution in [0.4, 0.5) is 23.2 Å². The van der Waals surface area contributed by atoms with Crippen molar-refractivity contribution in [2.24, 2.45) is 0 Å². The molecule has 0 heterocycles. The third-order valence-electron chi connectivity index (χ3n) is 2.41. The Morgan fingerprint density at radius 2 is 1.90 bits per heavy atom. The molecule has 0 aliphatic carbocycles. The Hall–Kier alpha value is -1.34. The van der Waals surface area contributed by atoms with Crippen molar-refractivity contribution in [2.45, 2.75) is 12.3 Å². The van der Waals surface area contributed by atoms with Gasteiger partial charge in [-0.3, -0.25) is 14.5 Å². The van der Waals surface area contributed by atoms with E-state index in [0.717, 1.165) is 6.07 Å². The van der Waals surface area contributed by atoms with E-state index in [4.69, 9.17) is 23.2 Å². The minimum Gasteiger partial charge on any atom is -0.299 e. The lowest BCUT2D eigenvalue weighted by atomic mass is 10.2. The number of alkyl halides is 5. The highest BCUT2D eigenvalue weighted by atomic mass is 35.5. The zero-order valence-corrected chi connectivity index (χ0v) is 11.8. The van der Waals surface area contributed by atoms with Gasteiger partial charge in [0, 0.05) is 10.7 Å². The van der Waals surface area contributed by atoms with Crippen LogP contribution >= 0.6 is 23.2 Å². The molecule has 0 saturated heterocycles. The molecular weight excluding hydrogens is 337 g/mol. The van der Waals surface area contributed by atoms with Gasteiger partial charge < -0.3 is 0 Å². The minimum absolute atomic E-state index is 0.0870. The lowest BCUT2D eigenvalue weighted by Gasteiger charge is -2.26. The van der Waals surface area contributed by atoms with Gasteiger partial charge in [0.25, 0.3) is 0 Å². The largest absolute Gasteiger partial charge is 0.384 e. The maximum Gasteiger partial charge on any atom is 0.384 e. The molecule has 0 fully saturated rings. The van der Waals surface area contributed by atoms with E-state index in [1.165, 1.54) is 18.2 Å². The van der Waals surface area contributed by atoms with E-state index in [-0.39, 0.29) is 15.6 Å². The van der Waals surface area contributed by atoms with Gasteiger partial charge in [0.2, 0.25) is 0 Å². The van der Waals surface area contributed by atoms with Crippen molar-refractivity contribution in [1.29, 1.82) is 0 Å². The van der Waals surface area contributed by atoms with Crippen molar-refractivity contribution in [3.63, 3.8) is 0 Å². The van der Waals surface area contributed by atoms with Gasteiger partial charge in [-0.2, -0.15) is 8.78 Å². The lowest BCUT2D eigenvalue weighted by Crippen LogP contribution is -2.49. The first-order valence-corrected chi connectivity index (χ1v) is 6.42. The van der Waals surface area contributed by atoms with Crippen molar-refractivity contribution in [1.82, 2.24) is 0 Å². The number of amides is 1. The molecule has 0 N–H and O–H groups in total. The summed E-state index contributed by atoms with van der Waals surface area (Å²) in [6.45, 7) is -0.856. The first-order chi connectivity index (χ1) is 9.70. The number of hydrogen-bond donors (Lipinski definition) is 0. The SMILES string of the molecule is O=C(CCl)CN(C(=O)C(F)(F)C(F)F)c1cccc(Cl)c1. The monoisotopic (exact) mass is 345 g/mol. The van der Waals surface area contributed by atoms with Gasteiger partial charge in [-0.25, -0.2) is 8.78 Å². The molecule has 0 atom stereocenters. The van der Waals surface area contributed by atoms with Crippen molar-refractivity contribution in [2.75, 3.05) is 17.3 Å². The maximum absolute atomic E-state index is 13.2. The van der Waals surface area contributed by atoms with Crippen LogP contribution in [-0.4, -0.2) is 36.5 Å². The summed E-state index contributed by atoms with van der Waals surface area (Å²) in [6, 6.07) is 5.00. The molecule has 0 spiro atoms. The topological polar surface area (TPSA) is 37.4 Å². The fraction of sp³-hybridized carbons (Fsp3) is 0.333. The van der Waals surface area contributed by atoms with Crippen LogP contribution in [0.1, 0.15) is 0 Å². The molecule has 116 valence electrons. The average Bonchev–Trinajstić information content (AvgIpc) is 2.43. The first kappa shape index (κ1) is 17.7. The van der Waals surface area contributed by atoms with Crippen LogP contribution in [-0.2, 0) is 9.59 Å². The molecule has 0 unspecified atom stereocenters.